The van der Waals surface area contributed by atoms with E-state index in [4.69, 9.17) is 10.5 Å². The lowest BCUT2D eigenvalue weighted by atomic mass is 10.1. The number of aromatic hydroxyl groups is 1. The van der Waals surface area contributed by atoms with Crippen LogP contribution in [0.5, 0.6) is 11.5 Å². The van der Waals surface area contributed by atoms with Crippen LogP contribution in [0.3, 0.4) is 0 Å². The molecule has 2 aromatic carbocycles. The number of anilines is 2. The molecule has 0 bridgehead atoms. The van der Waals surface area contributed by atoms with E-state index in [1.807, 2.05) is 0 Å². The first-order valence-electron chi connectivity index (χ1n) is 6.80. The van der Waals surface area contributed by atoms with Crippen LogP contribution in [-0.2, 0) is 4.79 Å². The van der Waals surface area contributed by atoms with Crippen molar-refractivity contribution in [2.75, 3.05) is 18.2 Å². The number of amides is 1. The molecule has 0 aliphatic heterocycles. The average Bonchev–Trinajstić information content (AvgIpc) is 2.55. The molecule has 0 saturated carbocycles. The Hall–Kier alpha value is -3.55. The zero-order valence-electron chi connectivity index (χ0n) is 12.7. The molecule has 8 nitrogen and oxygen atoms in total. The summed E-state index contributed by atoms with van der Waals surface area (Å²) in [6.45, 7) is 0. The quantitative estimate of drug-likeness (QED) is 0.254. The summed E-state index contributed by atoms with van der Waals surface area (Å²) in [5.41, 5.74) is 6.58. The van der Waals surface area contributed by atoms with Gasteiger partial charge in [-0.3, -0.25) is 14.9 Å². The number of phenols is 1. The van der Waals surface area contributed by atoms with Crippen molar-refractivity contribution >= 4 is 29.0 Å². The lowest BCUT2D eigenvalue weighted by Gasteiger charge is -2.05. The fourth-order valence-corrected chi connectivity index (χ4v) is 1.94. The summed E-state index contributed by atoms with van der Waals surface area (Å²) in [6.07, 6.45) is 2.74. The van der Waals surface area contributed by atoms with Gasteiger partial charge in [0.2, 0.25) is 5.91 Å². The van der Waals surface area contributed by atoms with Crippen molar-refractivity contribution < 1.29 is 19.6 Å². The number of nitrogens with zero attached hydrogens (tertiary/aromatic N) is 1. The molecule has 0 fully saturated rings. The lowest BCUT2D eigenvalue weighted by Crippen LogP contribution is -2.08. The lowest BCUT2D eigenvalue weighted by molar-refractivity contribution is -0.384. The highest BCUT2D eigenvalue weighted by atomic mass is 16.6. The van der Waals surface area contributed by atoms with Crippen LogP contribution in [0.15, 0.2) is 42.5 Å². The molecule has 0 heterocycles. The Kier molecular flexibility index (Phi) is 5.00. The second-order valence-electron chi connectivity index (χ2n) is 4.78. The van der Waals surface area contributed by atoms with Gasteiger partial charge in [-0.2, -0.15) is 0 Å². The smallest absolute Gasteiger partial charge is 0.271 e. The Bertz CT molecular complexity index is 817. The maximum atomic E-state index is 11.9. The van der Waals surface area contributed by atoms with Gasteiger partial charge in [0.05, 0.1) is 23.4 Å². The summed E-state index contributed by atoms with van der Waals surface area (Å²) in [7, 11) is 1.50. The molecule has 1 amide bonds. The molecule has 0 aromatic heterocycles. The second-order valence-corrected chi connectivity index (χ2v) is 4.78. The first-order chi connectivity index (χ1) is 11.4. The molecule has 0 saturated heterocycles. The average molecular weight is 329 g/mol. The fourth-order valence-electron chi connectivity index (χ4n) is 1.94. The highest BCUT2D eigenvalue weighted by Crippen LogP contribution is 2.28. The summed E-state index contributed by atoms with van der Waals surface area (Å²) < 4.78 is 5.04. The summed E-state index contributed by atoms with van der Waals surface area (Å²) >= 11 is 0. The molecular weight excluding hydrogens is 314 g/mol. The number of nitro benzene ring substituents is 1. The zero-order chi connectivity index (χ0) is 17.7. The van der Waals surface area contributed by atoms with Crippen molar-refractivity contribution in [2.24, 2.45) is 0 Å². The summed E-state index contributed by atoms with van der Waals surface area (Å²) in [6, 6.07) is 8.37. The van der Waals surface area contributed by atoms with Gasteiger partial charge in [-0.1, -0.05) is 6.07 Å². The molecule has 0 radical (unpaired) electrons. The van der Waals surface area contributed by atoms with E-state index in [1.54, 1.807) is 18.2 Å². The third kappa shape index (κ3) is 4.01. The Labute approximate surface area is 137 Å². The topological polar surface area (TPSA) is 128 Å². The molecule has 2 aromatic rings. The highest BCUT2D eigenvalue weighted by Gasteiger charge is 2.11. The van der Waals surface area contributed by atoms with Crippen LogP contribution < -0.4 is 15.8 Å². The van der Waals surface area contributed by atoms with Crippen LogP contribution >= 0.6 is 0 Å². The largest absolute Gasteiger partial charge is 0.506 e. The van der Waals surface area contributed by atoms with E-state index in [1.165, 1.54) is 19.3 Å². The number of nitrogens with two attached hydrogens (primary N) is 1. The van der Waals surface area contributed by atoms with Gasteiger partial charge in [0, 0.05) is 18.2 Å². The SMILES string of the molecule is COc1ccc(/C=C\C(=O)Nc2cc([N+](=O)[O-])ccc2O)cc1N. The number of non-ortho nitro benzene ring substituents is 1. The molecule has 0 spiro atoms. The highest BCUT2D eigenvalue weighted by molar-refractivity contribution is 6.03. The van der Waals surface area contributed by atoms with Crippen LogP contribution in [0, 0.1) is 10.1 Å². The zero-order valence-corrected chi connectivity index (χ0v) is 12.7. The van der Waals surface area contributed by atoms with Gasteiger partial charge in [-0.25, -0.2) is 0 Å². The van der Waals surface area contributed by atoms with E-state index < -0.39 is 10.8 Å². The maximum Gasteiger partial charge on any atom is 0.271 e. The van der Waals surface area contributed by atoms with E-state index in [0.717, 1.165) is 18.2 Å². The van der Waals surface area contributed by atoms with E-state index >= 15 is 0 Å². The van der Waals surface area contributed by atoms with Gasteiger partial charge in [0.25, 0.3) is 5.69 Å². The number of hydrogen-bond acceptors (Lipinski definition) is 6. The number of ether oxygens (including phenoxy) is 1. The molecular formula is C16H15N3O5. The number of nitro groups is 1. The monoisotopic (exact) mass is 329 g/mol. The number of nitrogens with one attached hydrogen (secondary N) is 1. The number of carbonyl (C=O) groups is 1. The number of rotatable bonds is 5. The summed E-state index contributed by atoms with van der Waals surface area (Å²) in [5, 5.41) is 22.8. The number of benzene rings is 2. The minimum atomic E-state index is -0.620. The van der Waals surface area contributed by atoms with Crippen molar-refractivity contribution in [3.8, 4) is 11.5 Å². The Morgan fingerprint density at radius 3 is 2.71 bits per heavy atom. The van der Waals surface area contributed by atoms with Crippen LogP contribution in [0.2, 0.25) is 0 Å². The van der Waals surface area contributed by atoms with Gasteiger partial charge in [-0.15, -0.1) is 0 Å². The van der Waals surface area contributed by atoms with Gasteiger partial charge >= 0.3 is 0 Å². The standard InChI is InChI=1S/C16H15N3O5/c1-24-15-6-2-10(8-12(15)17)3-7-16(21)18-13-9-11(19(22)23)4-5-14(13)20/h2-9,20H,17H2,1H3,(H,18,21)/b7-3-. The van der Waals surface area contributed by atoms with E-state index in [-0.39, 0.29) is 17.1 Å². The second kappa shape index (κ2) is 7.14. The molecule has 0 aliphatic carbocycles. The number of carbonyl (C=O) groups excluding carboxylic acids is 1. The minimum absolute atomic E-state index is 0.0481. The Balaban J connectivity index is 2.12. The first-order valence-corrected chi connectivity index (χ1v) is 6.80. The Morgan fingerprint density at radius 1 is 1.33 bits per heavy atom. The number of methoxy groups -OCH3 is 1. The molecule has 0 atom stereocenters. The molecule has 0 aliphatic rings. The summed E-state index contributed by atoms with van der Waals surface area (Å²) in [5.74, 6) is -0.297. The maximum absolute atomic E-state index is 11.9. The molecule has 2 rings (SSSR count). The van der Waals surface area contributed by atoms with E-state index in [0.29, 0.717) is 17.0 Å². The Morgan fingerprint density at radius 2 is 2.08 bits per heavy atom. The van der Waals surface area contributed by atoms with Gasteiger partial charge in [-0.05, 0) is 29.8 Å². The molecule has 4 N–H and O–H groups in total. The predicted molar refractivity (Wildman–Crippen MR) is 89.8 cm³/mol. The molecule has 24 heavy (non-hydrogen) atoms. The molecule has 8 heteroatoms. The predicted octanol–water partition coefficient (Wildman–Crippen LogP) is 2.54. The van der Waals surface area contributed by atoms with Crippen LogP contribution in [0.25, 0.3) is 6.08 Å². The third-order valence-corrected chi connectivity index (χ3v) is 3.13. The van der Waals surface area contributed by atoms with E-state index in [2.05, 4.69) is 5.32 Å². The number of phenolic OH excluding ortho intramolecular Hbond substituents is 1. The van der Waals surface area contributed by atoms with Crippen LogP contribution in [0.4, 0.5) is 17.1 Å². The van der Waals surface area contributed by atoms with Crippen molar-refractivity contribution in [1.29, 1.82) is 0 Å². The first kappa shape index (κ1) is 16.8. The third-order valence-electron chi connectivity index (χ3n) is 3.13. The summed E-state index contributed by atoms with van der Waals surface area (Å²) in [4.78, 5) is 22.0. The van der Waals surface area contributed by atoms with Gasteiger partial charge in [0.1, 0.15) is 11.5 Å². The van der Waals surface area contributed by atoms with Crippen molar-refractivity contribution in [3.05, 3.63) is 58.2 Å². The number of nitrogen functional groups attached to an aromatic ring is 1. The van der Waals surface area contributed by atoms with Crippen molar-refractivity contribution in [2.45, 2.75) is 0 Å². The van der Waals surface area contributed by atoms with E-state index in [9.17, 15) is 20.0 Å². The fraction of sp³-hybridized carbons (Fsp3) is 0.0625. The normalized spacial score (nSPS) is 10.5. The van der Waals surface area contributed by atoms with Crippen LogP contribution in [-0.4, -0.2) is 23.0 Å². The van der Waals surface area contributed by atoms with Crippen LogP contribution in [0.1, 0.15) is 5.56 Å². The minimum Gasteiger partial charge on any atom is -0.506 e. The van der Waals surface area contributed by atoms with Crippen molar-refractivity contribution in [1.82, 2.24) is 0 Å². The molecule has 124 valence electrons. The molecule has 0 unspecified atom stereocenters. The van der Waals surface area contributed by atoms with Gasteiger partial charge < -0.3 is 20.9 Å². The van der Waals surface area contributed by atoms with Crippen molar-refractivity contribution in [3.63, 3.8) is 0 Å². The number of hydrogen-bond donors (Lipinski definition) is 3. The van der Waals surface area contributed by atoms with Gasteiger partial charge in [0.15, 0.2) is 0 Å².